The first-order valence-corrected chi connectivity index (χ1v) is 7.29. The number of hydrogen-bond donors (Lipinski definition) is 2. The van der Waals surface area contributed by atoms with Crippen LogP contribution in [0.3, 0.4) is 0 Å². The summed E-state index contributed by atoms with van der Waals surface area (Å²) in [6.45, 7) is 4.51. The molecule has 0 spiro atoms. The van der Waals surface area contributed by atoms with Crippen LogP contribution in [-0.2, 0) is 11.8 Å². The number of nitrogens with one attached hydrogen (secondary N) is 1. The third-order valence-corrected chi connectivity index (χ3v) is 3.84. The molecule has 1 aliphatic rings. The second kappa shape index (κ2) is 6.34. The number of aromatic nitrogens is 4. The zero-order valence-electron chi connectivity index (χ0n) is 12.7. The van der Waals surface area contributed by atoms with Gasteiger partial charge in [-0.25, -0.2) is 9.97 Å². The largest absolute Gasteiger partial charge is 0.424 e. The average Bonchev–Trinajstić information content (AvgIpc) is 2.59. The Morgan fingerprint density at radius 3 is 2.74 bits per heavy atom. The van der Waals surface area contributed by atoms with Gasteiger partial charge in [-0.2, -0.15) is 0 Å². The molecule has 0 bridgehead atoms. The third kappa shape index (κ3) is 2.90. The van der Waals surface area contributed by atoms with Gasteiger partial charge in [0.2, 0.25) is 0 Å². The van der Waals surface area contributed by atoms with Crippen LogP contribution in [0.2, 0.25) is 0 Å². The highest BCUT2D eigenvalue weighted by Crippen LogP contribution is 2.14. The Kier molecular flexibility index (Phi) is 4.26. The molecule has 0 unspecified atom stereocenters. The molecular formula is C13H18N6O4. The summed E-state index contributed by atoms with van der Waals surface area (Å²) in [7, 11) is 1.43. The molecule has 0 aromatic carbocycles. The van der Waals surface area contributed by atoms with Crippen LogP contribution in [0.25, 0.3) is 11.2 Å². The van der Waals surface area contributed by atoms with Crippen LogP contribution < -0.4 is 16.4 Å². The number of ether oxygens (including phenoxy) is 1. The van der Waals surface area contributed by atoms with Crippen molar-refractivity contribution in [1.29, 1.82) is 0 Å². The molecule has 2 aromatic rings. The van der Waals surface area contributed by atoms with E-state index in [1.54, 1.807) is 0 Å². The molecule has 1 aliphatic heterocycles. The normalized spacial score (nSPS) is 15.9. The van der Waals surface area contributed by atoms with E-state index in [1.807, 2.05) is 0 Å². The van der Waals surface area contributed by atoms with E-state index in [9.17, 15) is 14.8 Å². The predicted octanol–water partition coefficient (Wildman–Crippen LogP) is -1.53. The molecule has 3 rings (SSSR count). The first kappa shape index (κ1) is 15.4. The SMILES string of the molecule is Cn1c(=O)c(=O)n(O)c2c(NCCN3CCOCC3)ncnc21. The van der Waals surface area contributed by atoms with Gasteiger partial charge in [-0.3, -0.25) is 19.1 Å². The van der Waals surface area contributed by atoms with Crippen molar-refractivity contribution in [2.75, 3.05) is 44.7 Å². The van der Waals surface area contributed by atoms with Gasteiger partial charge in [0.15, 0.2) is 17.0 Å². The standard InChI is InChI=1S/C13H18N6O4/c1-17-11-9(19(22)13(21)12(17)20)10(15-8-16-11)14-2-3-18-4-6-23-7-5-18/h8,22H,2-7H2,1H3,(H,14,15,16). The Hall–Kier alpha value is -2.46. The minimum atomic E-state index is -1.04. The summed E-state index contributed by atoms with van der Waals surface area (Å²) < 4.78 is 6.69. The monoisotopic (exact) mass is 322 g/mol. The molecular weight excluding hydrogens is 304 g/mol. The van der Waals surface area contributed by atoms with E-state index in [0.29, 0.717) is 30.3 Å². The molecule has 1 saturated heterocycles. The summed E-state index contributed by atoms with van der Waals surface area (Å²) in [6, 6.07) is 0. The van der Waals surface area contributed by atoms with Crippen molar-refractivity contribution < 1.29 is 9.94 Å². The first-order valence-electron chi connectivity index (χ1n) is 7.29. The van der Waals surface area contributed by atoms with Gasteiger partial charge in [-0.15, -0.1) is 4.73 Å². The molecule has 1 fully saturated rings. The van der Waals surface area contributed by atoms with Gasteiger partial charge in [0.05, 0.1) is 13.2 Å². The predicted molar refractivity (Wildman–Crippen MR) is 82.0 cm³/mol. The quantitative estimate of drug-likeness (QED) is 0.515. The number of anilines is 1. The van der Waals surface area contributed by atoms with E-state index in [4.69, 9.17) is 4.74 Å². The summed E-state index contributed by atoms with van der Waals surface area (Å²) in [4.78, 5) is 33.7. The maximum atomic E-state index is 11.8. The Morgan fingerprint density at radius 1 is 1.26 bits per heavy atom. The van der Waals surface area contributed by atoms with Crippen molar-refractivity contribution in [3.8, 4) is 0 Å². The molecule has 3 heterocycles. The summed E-state index contributed by atoms with van der Waals surface area (Å²) in [6.07, 6.45) is 1.28. The fourth-order valence-corrected chi connectivity index (χ4v) is 2.53. The van der Waals surface area contributed by atoms with Crippen LogP contribution in [0.4, 0.5) is 5.82 Å². The maximum Gasteiger partial charge on any atom is 0.349 e. The maximum absolute atomic E-state index is 11.8. The molecule has 10 nitrogen and oxygen atoms in total. The van der Waals surface area contributed by atoms with Crippen LogP contribution in [-0.4, -0.2) is 68.8 Å². The number of aryl methyl sites for hydroxylation is 1. The minimum absolute atomic E-state index is 0.0848. The van der Waals surface area contributed by atoms with E-state index in [1.165, 1.54) is 13.4 Å². The summed E-state index contributed by atoms with van der Waals surface area (Å²) in [5, 5.41) is 13.0. The fourth-order valence-electron chi connectivity index (χ4n) is 2.53. The molecule has 0 aliphatic carbocycles. The zero-order valence-corrected chi connectivity index (χ0v) is 12.7. The number of hydrogen-bond acceptors (Lipinski definition) is 8. The Balaban J connectivity index is 1.86. The minimum Gasteiger partial charge on any atom is -0.424 e. The lowest BCUT2D eigenvalue weighted by molar-refractivity contribution is 0.0398. The fraction of sp³-hybridized carbons (Fsp3) is 0.538. The van der Waals surface area contributed by atoms with Gasteiger partial charge in [-0.05, 0) is 0 Å². The van der Waals surface area contributed by atoms with Crippen LogP contribution in [0, 0.1) is 0 Å². The van der Waals surface area contributed by atoms with Gasteiger partial charge in [0, 0.05) is 33.2 Å². The van der Waals surface area contributed by atoms with Crippen LogP contribution in [0.1, 0.15) is 0 Å². The van der Waals surface area contributed by atoms with E-state index < -0.39 is 11.1 Å². The van der Waals surface area contributed by atoms with Gasteiger partial charge in [-0.1, -0.05) is 0 Å². The molecule has 10 heteroatoms. The van der Waals surface area contributed by atoms with Gasteiger partial charge in [0.25, 0.3) is 0 Å². The Labute approximate surface area is 130 Å². The second-order valence-corrected chi connectivity index (χ2v) is 5.26. The van der Waals surface area contributed by atoms with Crippen molar-refractivity contribution in [2.45, 2.75) is 0 Å². The summed E-state index contributed by atoms with van der Waals surface area (Å²) in [5.41, 5.74) is -1.62. The van der Waals surface area contributed by atoms with E-state index in [2.05, 4.69) is 20.2 Å². The lowest BCUT2D eigenvalue weighted by Gasteiger charge is -2.26. The average molecular weight is 322 g/mol. The summed E-state index contributed by atoms with van der Waals surface area (Å²) in [5.74, 6) is 0.304. The molecule has 0 atom stereocenters. The van der Waals surface area contributed by atoms with Crippen LogP contribution >= 0.6 is 0 Å². The molecule has 0 amide bonds. The number of rotatable bonds is 4. The van der Waals surface area contributed by atoms with Gasteiger partial charge >= 0.3 is 11.1 Å². The molecule has 124 valence electrons. The van der Waals surface area contributed by atoms with Crippen molar-refractivity contribution in [3.05, 3.63) is 27.0 Å². The number of morpholine rings is 1. The van der Waals surface area contributed by atoms with Gasteiger partial charge < -0.3 is 15.3 Å². The zero-order chi connectivity index (χ0) is 16.4. The van der Waals surface area contributed by atoms with Crippen LogP contribution in [0.5, 0.6) is 0 Å². The third-order valence-electron chi connectivity index (χ3n) is 3.84. The lowest BCUT2D eigenvalue weighted by atomic mass is 10.4. The molecule has 2 N–H and O–H groups in total. The van der Waals surface area contributed by atoms with E-state index in [0.717, 1.165) is 24.2 Å². The molecule has 23 heavy (non-hydrogen) atoms. The molecule has 0 radical (unpaired) electrons. The first-order chi connectivity index (χ1) is 11.1. The van der Waals surface area contributed by atoms with Gasteiger partial charge in [0.1, 0.15) is 6.33 Å². The smallest absolute Gasteiger partial charge is 0.349 e. The summed E-state index contributed by atoms with van der Waals surface area (Å²) >= 11 is 0. The Bertz CT molecular complexity index is 824. The number of fused-ring (bicyclic) bond motifs is 1. The topological polar surface area (TPSA) is 115 Å². The molecule has 2 aromatic heterocycles. The highest BCUT2D eigenvalue weighted by atomic mass is 16.5. The number of nitrogens with zero attached hydrogens (tertiary/aromatic N) is 5. The van der Waals surface area contributed by atoms with Crippen molar-refractivity contribution in [1.82, 2.24) is 24.2 Å². The van der Waals surface area contributed by atoms with Crippen molar-refractivity contribution in [2.24, 2.45) is 7.05 Å². The highest BCUT2D eigenvalue weighted by Gasteiger charge is 2.16. The van der Waals surface area contributed by atoms with Crippen molar-refractivity contribution in [3.63, 3.8) is 0 Å². The Morgan fingerprint density at radius 2 is 2.00 bits per heavy atom. The van der Waals surface area contributed by atoms with Crippen molar-refractivity contribution >= 4 is 17.0 Å². The van der Waals surface area contributed by atoms with Crippen LogP contribution in [0.15, 0.2) is 15.9 Å². The highest BCUT2D eigenvalue weighted by molar-refractivity contribution is 5.82. The lowest BCUT2D eigenvalue weighted by Crippen LogP contribution is -2.41. The molecule has 0 saturated carbocycles. The second-order valence-electron chi connectivity index (χ2n) is 5.26. The van der Waals surface area contributed by atoms with E-state index >= 15 is 0 Å². The van der Waals surface area contributed by atoms with E-state index in [-0.39, 0.29) is 11.2 Å².